The van der Waals surface area contributed by atoms with Gasteiger partial charge >= 0.3 is 0 Å². The van der Waals surface area contributed by atoms with Crippen molar-refractivity contribution in [1.82, 2.24) is 4.98 Å². The van der Waals surface area contributed by atoms with Gasteiger partial charge in [-0.05, 0) is 6.92 Å². The molecule has 1 heterocycles. The molecule has 1 aromatic heterocycles. The first-order valence-corrected chi connectivity index (χ1v) is 6.51. The lowest BCUT2D eigenvalue weighted by molar-refractivity contribution is 0.336. The summed E-state index contributed by atoms with van der Waals surface area (Å²) < 4.78 is 6.19. The maximum Gasteiger partial charge on any atom is 0.143 e. The molecule has 0 saturated carbocycles. The number of hydrogen-bond acceptors (Lipinski definition) is 2. The zero-order valence-electron chi connectivity index (χ0n) is 8.68. The number of aromatic nitrogens is 1. The number of pyridine rings is 1. The molecule has 1 rings (SSSR count). The van der Waals surface area contributed by atoms with Gasteiger partial charge in [-0.25, -0.2) is 0 Å². The molecular weight excluding hydrogens is 312 g/mol. The Bertz CT molecular complexity index is 268. The van der Waals surface area contributed by atoms with Crippen molar-refractivity contribution < 1.29 is 4.74 Å². The molecule has 80 valence electrons. The normalized spacial score (nSPS) is 8.93. The first-order chi connectivity index (χ1) is 6.77. The molecule has 0 radical (unpaired) electrons. The molecule has 0 N–H and O–H groups in total. The van der Waals surface area contributed by atoms with Crippen LogP contribution in [-0.2, 0) is 4.43 Å². The zero-order chi connectivity index (χ0) is 11.0. The van der Waals surface area contributed by atoms with Gasteiger partial charge in [0.15, 0.2) is 0 Å². The summed E-state index contributed by atoms with van der Waals surface area (Å²) in [5, 5.41) is 0.618. The van der Waals surface area contributed by atoms with Gasteiger partial charge in [-0.15, -0.1) is 0 Å². The molecule has 0 aliphatic rings. The lowest BCUT2D eigenvalue weighted by Crippen LogP contribution is -1.97. The maximum absolute atomic E-state index is 5.76. The van der Waals surface area contributed by atoms with Crippen molar-refractivity contribution in [2.75, 3.05) is 6.61 Å². The van der Waals surface area contributed by atoms with E-state index in [2.05, 4.69) is 27.6 Å². The molecule has 0 amide bonds. The van der Waals surface area contributed by atoms with Crippen molar-refractivity contribution in [2.24, 2.45) is 0 Å². The van der Waals surface area contributed by atoms with E-state index >= 15 is 0 Å². The van der Waals surface area contributed by atoms with Crippen molar-refractivity contribution in [3.63, 3.8) is 0 Å². The molecule has 0 bridgehead atoms. The fourth-order valence-electron chi connectivity index (χ4n) is 0.830. The van der Waals surface area contributed by atoms with Crippen molar-refractivity contribution in [3.8, 4) is 5.75 Å². The summed E-state index contributed by atoms with van der Waals surface area (Å²) in [4.78, 5) is 4.15. The van der Waals surface area contributed by atoms with Crippen molar-refractivity contribution in [1.29, 1.82) is 0 Å². The minimum atomic E-state index is 0.618. The summed E-state index contributed by atoms with van der Waals surface area (Å²) in [5.74, 6) is 0.791. The monoisotopic (exact) mass is 327 g/mol. The van der Waals surface area contributed by atoms with Gasteiger partial charge in [-0.1, -0.05) is 48.0 Å². The molecular formula is C10H15ClINO. The third kappa shape index (κ3) is 4.46. The van der Waals surface area contributed by atoms with Crippen LogP contribution in [0.1, 0.15) is 26.5 Å². The van der Waals surface area contributed by atoms with Gasteiger partial charge < -0.3 is 4.74 Å². The van der Waals surface area contributed by atoms with Crippen LogP contribution < -0.4 is 4.74 Å². The average molecular weight is 328 g/mol. The fourth-order valence-corrected chi connectivity index (χ4v) is 1.55. The summed E-state index contributed by atoms with van der Waals surface area (Å²) >= 11 is 8.01. The number of hydrogen-bond donors (Lipinski definition) is 0. The highest BCUT2D eigenvalue weighted by Gasteiger charge is 2.03. The highest BCUT2D eigenvalue weighted by molar-refractivity contribution is 14.1. The highest BCUT2D eigenvalue weighted by Crippen LogP contribution is 2.22. The van der Waals surface area contributed by atoms with Crippen LogP contribution >= 0.6 is 34.2 Å². The second-order valence-electron chi connectivity index (χ2n) is 2.17. The summed E-state index contributed by atoms with van der Waals surface area (Å²) in [5.41, 5.74) is 0.946. The standard InChI is InChI=1S/C8H9ClINO.C2H6/c1-2-12-8-3-6(9)5-11-7(8)4-10;1-2/h3,5H,2,4H2,1H3;1-2H3. The Morgan fingerprint density at radius 3 is 2.64 bits per heavy atom. The molecule has 0 aliphatic carbocycles. The van der Waals surface area contributed by atoms with Crippen molar-refractivity contribution in [3.05, 3.63) is 23.0 Å². The van der Waals surface area contributed by atoms with Crippen molar-refractivity contribution in [2.45, 2.75) is 25.2 Å². The topological polar surface area (TPSA) is 22.1 Å². The average Bonchev–Trinajstić information content (AvgIpc) is 2.22. The van der Waals surface area contributed by atoms with Gasteiger partial charge in [0.1, 0.15) is 5.75 Å². The third-order valence-electron chi connectivity index (χ3n) is 1.32. The van der Waals surface area contributed by atoms with Crippen LogP contribution in [-0.4, -0.2) is 11.6 Å². The number of halogens is 2. The van der Waals surface area contributed by atoms with Crippen LogP contribution in [0.2, 0.25) is 5.02 Å². The third-order valence-corrected chi connectivity index (χ3v) is 2.25. The summed E-state index contributed by atoms with van der Waals surface area (Å²) in [6, 6.07) is 1.80. The second-order valence-corrected chi connectivity index (χ2v) is 3.36. The van der Waals surface area contributed by atoms with E-state index in [4.69, 9.17) is 16.3 Å². The van der Waals surface area contributed by atoms with Crippen LogP contribution in [0.4, 0.5) is 0 Å². The van der Waals surface area contributed by atoms with E-state index in [1.54, 1.807) is 12.3 Å². The molecule has 0 spiro atoms. The second kappa shape index (κ2) is 8.29. The fraction of sp³-hybridized carbons (Fsp3) is 0.500. The van der Waals surface area contributed by atoms with Gasteiger partial charge in [0, 0.05) is 16.7 Å². The number of nitrogens with zero attached hydrogens (tertiary/aromatic N) is 1. The van der Waals surface area contributed by atoms with E-state index in [0.717, 1.165) is 15.9 Å². The largest absolute Gasteiger partial charge is 0.492 e. The molecule has 4 heteroatoms. The zero-order valence-corrected chi connectivity index (χ0v) is 11.6. The molecule has 0 unspecified atom stereocenters. The molecule has 0 fully saturated rings. The van der Waals surface area contributed by atoms with Crippen LogP contribution in [0.3, 0.4) is 0 Å². The van der Waals surface area contributed by atoms with Crippen molar-refractivity contribution >= 4 is 34.2 Å². The lowest BCUT2D eigenvalue weighted by atomic mass is 10.3. The first kappa shape index (κ1) is 14.0. The lowest BCUT2D eigenvalue weighted by Gasteiger charge is -2.06. The quantitative estimate of drug-likeness (QED) is 0.616. The van der Waals surface area contributed by atoms with E-state index in [-0.39, 0.29) is 0 Å². The molecule has 1 aromatic rings. The van der Waals surface area contributed by atoms with Crippen LogP contribution in [0.25, 0.3) is 0 Å². The van der Waals surface area contributed by atoms with Crippen LogP contribution in [0.15, 0.2) is 12.3 Å². The minimum absolute atomic E-state index is 0.618. The molecule has 14 heavy (non-hydrogen) atoms. The van der Waals surface area contributed by atoms with Gasteiger partial charge in [0.05, 0.1) is 17.3 Å². The Labute approximate surface area is 104 Å². The van der Waals surface area contributed by atoms with Gasteiger partial charge in [-0.3, -0.25) is 4.98 Å². The molecule has 0 saturated heterocycles. The smallest absolute Gasteiger partial charge is 0.143 e. The molecule has 0 aliphatic heterocycles. The number of rotatable bonds is 3. The number of ether oxygens (including phenoxy) is 1. The highest BCUT2D eigenvalue weighted by atomic mass is 127. The Morgan fingerprint density at radius 1 is 1.50 bits per heavy atom. The van der Waals surface area contributed by atoms with E-state index in [1.165, 1.54) is 0 Å². The summed E-state index contributed by atoms with van der Waals surface area (Å²) in [6.45, 7) is 6.59. The summed E-state index contributed by atoms with van der Waals surface area (Å²) in [6.07, 6.45) is 1.64. The van der Waals surface area contributed by atoms with Crippen LogP contribution in [0.5, 0.6) is 5.75 Å². The SMILES string of the molecule is CC.CCOc1cc(Cl)cnc1CI. The predicted octanol–water partition coefficient (Wildman–Crippen LogP) is 4.09. The van der Waals surface area contributed by atoms with Gasteiger partial charge in [-0.2, -0.15) is 0 Å². The van der Waals surface area contributed by atoms with Gasteiger partial charge in [0.25, 0.3) is 0 Å². The number of alkyl halides is 1. The minimum Gasteiger partial charge on any atom is -0.492 e. The Balaban J connectivity index is 0.000000791. The van der Waals surface area contributed by atoms with E-state index in [9.17, 15) is 0 Å². The van der Waals surface area contributed by atoms with E-state index in [1.807, 2.05) is 20.8 Å². The van der Waals surface area contributed by atoms with Crippen LogP contribution in [0, 0.1) is 0 Å². The Kier molecular flexibility index (Phi) is 8.27. The summed E-state index contributed by atoms with van der Waals surface area (Å²) in [7, 11) is 0. The maximum atomic E-state index is 5.76. The Hall–Kier alpha value is -0.0300. The predicted molar refractivity (Wildman–Crippen MR) is 69.5 cm³/mol. The first-order valence-electron chi connectivity index (χ1n) is 4.61. The molecule has 0 atom stereocenters. The molecule has 0 aromatic carbocycles. The van der Waals surface area contributed by atoms with E-state index in [0.29, 0.717) is 11.6 Å². The van der Waals surface area contributed by atoms with E-state index < -0.39 is 0 Å². The Morgan fingerprint density at radius 2 is 2.14 bits per heavy atom. The van der Waals surface area contributed by atoms with Gasteiger partial charge in [0.2, 0.25) is 0 Å². The molecule has 2 nitrogen and oxygen atoms in total.